The smallest absolute Gasteiger partial charge is 0.264 e. The van der Waals surface area contributed by atoms with E-state index in [2.05, 4.69) is 15.0 Å². The molecule has 8 nitrogen and oxygen atoms in total. The molecular formula is C22H27ClN6O2. The number of hydrogen-bond donors (Lipinski definition) is 0. The predicted octanol–water partition coefficient (Wildman–Crippen LogP) is 2.74. The first kappa shape index (κ1) is 21.4. The third-order valence-corrected chi connectivity index (χ3v) is 5.90. The highest BCUT2D eigenvalue weighted by atomic mass is 35.5. The van der Waals surface area contributed by atoms with Crippen LogP contribution in [-0.4, -0.2) is 56.3 Å². The number of anilines is 1. The summed E-state index contributed by atoms with van der Waals surface area (Å²) in [4.78, 5) is 34.0. The lowest BCUT2D eigenvalue weighted by molar-refractivity contribution is -0.131. The lowest BCUT2D eigenvalue weighted by Crippen LogP contribution is -2.49. The molecule has 3 aromatic rings. The Morgan fingerprint density at radius 3 is 2.52 bits per heavy atom. The van der Waals surface area contributed by atoms with E-state index in [1.807, 2.05) is 49.9 Å². The maximum absolute atomic E-state index is 12.8. The Morgan fingerprint density at radius 2 is 1.84 bits per heavy atom. The van der Waals surface area contributed by atoms with Crippen LogP contribution < -0.4 is 10.5 Å². The quantitative estimate of drug-likeness (QED) is 0.621. The predicted molar refractivity (Wildman–Crippen MR) is 122 cm³/mol. The van der Waals surface area contributed by atoms with E-state index in [0.717, 1.165) is 23.8 Å². The highest BCUT2D eigenvalue weighted by molar-refractivity contribution is 6.33. The van der Waals surface area contributed by atoms with E-state index in [4.69, 9.17) is 11.6 Å². The van der Waals surface area contributed by atoms with Gasteiger partial charge in [-0.25, -0.2) is 9.67 Å². The van der Waals surface area contributed by atoms with E-state index in [-0.39, 0.29) is 23.4 Å². The number of halogens is 1. The van der Waals surface area contributed by atoms with Gasteiger partial charge in [0, 0.05) is 39.1 Å². The van der Waals surface area contributed by atoms with E-state index in [0.29, 0.717) is 30.7 Å². The molecule has 0 radical (unpaired) electrons. The zero-order valence-corrected chi connectivity index (χ0v) is 18.8. The average Bonchev–Trinajstić information content (AvgIpc) is 3.19. The summed E-state index contributed by atoms with van der Waals surface area (Å²) in [6.45, 7) is 9.06. The number of aromatic nitrogens is 4. The van der Waals surface area contributed by atoms with Crippen molar-refractivity contribution in [3.63, 3.8) is 0 Å². The van der Waals surface area contributed by atoms with E-state index in [1.54, 1.807) is 10.9 Å². The third-order valence-electron chi connectivity index (χ3n) is 5.58. The second kappa shape index (κ2) is 8.34. The number of hydrogen-bond acceptors (Lipinski definition) is 5. The second-order valence-corrected chi connectivity index (χ2v) is 9.18. The number of nitrogens with zero attached hydrogens (tertiary/aromatic N) is 6. The molecule has 1 aliphatic heterocycles. The number of aryl methyl sites for hydroxylation is 1. The van der Waals surface area contributed by atoms with E-state index in [1.165, 1.54) is 10.9 Å². The van der Waals surface area contributed by atoms with Crippen LogP contribution in [0.5, 0.6) is 0 Å². The SMILES string of the molecule is CC(C)(C)n1ncc2c(=O)n(CCC(=O)N3CCN(c4ccccc4Cl)CC3)cnc21. The van der Waals surface area contributed by atoms with Gasteiger partial charge in [0.15, 0.2) is 5.65 Å². The standard InChI is InChI=1S/C22H27ClN6O2/c1-22(2,3)29-20-16(14-25-29)21(31)28(15-24-20)9-8-19(30)27-12-10-26(11-13-27)18-7-5-4-6-17(18)23/h4-7,14-15H,8-13H2,1-3H3. The van der Waals surface area contributed by atoms with Crippen molar-refractivity contribution in [1.29, 1.82) is 0 Å². The number of amides is 1. The van der Waals surface area contributed by atoms with E-state index < -0.39 is 0 Å². The van der Waals surface area contributed by atoms with Crippen LogP contribution in [0.25, 0.3) is 11.0 Å². The number of benzene rings is 1. The molecule has 164 valence electrons. The monoisotopic (exact) mass is 442 g/mol. The molecule has 0 unspecified atom stereocenters. The minimum Gasteiger partial charge on any atom is -0.367 e. The molecular weight excluding hydrogens is 416 g/mol. The molecule has 1 fully saturated rings. The molecule has 0 atom stereocenters. The van der Waals surface area contributed by atoms with Crippen molar-refractivity contribution >= 4 is 34.2 Å². The lowest BCUT2D eigenvalue weighted by atomic mass is 10.1. The van der Waals surface area contributed by atoms with Crippen LogP contribution in [0.3, 0.4) is 0 Å². The fourth-order valence-corrected chi connectivity index (χ4v) is 4.13. The highest BCUT2D eigenvalue weighted by Crippen LogP contribution is 2.26. The summed E-state index contributed by atoms with van der Waals surface area (Å²) in [6, 6.07) is 7.75. The molecule has 2 aromatic heterocycles. The maximum Gasteiger partial charge on any atom is 0.264 e. The van der Waals surface area contributed by atoms with Gasteiger partial charge in [0.25, 0.3) is 5.56 Å². The van der Waals surface area contributed by atoms with Crippen LogP contribution in [0.1, 0.15) is 27.2 Å². The summed E-state index contributed by atoms with van der Waals surface area (Å²) in [7, 11) is 0. The van der Waals surface area contributed by atoms with Gasteiger partial charge in [-0.1, -0.05) is 23.7 Å². The summed E-state index contributed by atoms with van der Waals surface area (Å²) >= 11 is 6.29. The summed E-state index contributed by atoms with van der Waals surface area (Å²) in [5.41, 5.74) is 1.13. The Kier molecular flexibility index (Phi) is 5.75. The molecule has 3 heterocycles. The van der Waals surface area contributed by atoms with Gasteiger partial charge in [-0.2, -0.15) is 5.10 Å². The first-order chi connectivity index (χ1) is 14.8. The average molecular weight is 443 g/mol. The van der Waals surface area contributed by atoms with Crippen molar-refractivity contribution in [3.05, 3.63) is 52.2 Å². The number of carbonyl (C=O) groups excluding carboxylic acids is 1. The van der Waals surface area contributed by atoms with Crippen molar-refractivity contribution in [2.75, 3.05) is 31.1 Å². The molecule has 0 aliphatic carbocycles. The van der Waals surface area contributed by atoms with Crippen LogP contribution >= 0.6 is 11.6 Å². The number of para-hydroxylation sites is 1. The Hall–Kier alpha value is -2.87. The number of carbonyl (C=O) groups is 1. The highest BCUT2D eigenvalue weighted by Gasteiger charge is 2.23. The number of fused-ring (bicyclic) bond motifs is 1. The Morgan fingerprint density at radius 1 is 1.13 bits per heavy atom. The molecule has 1 saturated heterocycles. The summed E-state index contributed by atoms with van der Waals surface area (Å²) < 4.78 is 3.24. The summed E-state index contributed by atoms with van der Waals surface area (Å²) in [5.74, 6) is 0.0381. The first-order valence-electron chi connectivity index (χ1n) is 10.5. The van der Waals surface area contributed by atoms with Crippen molar-refractivity contribution < 1.29 is 4.79 Å². The number of piperazine rings is 1. The minimum absolute atomic E-state index is 0.0381. The Bertz CT molecular complexity index is 1150. The van der Waals surface area contributed by atoms with Gasteiger partial charge in [-0.05, 0) is 32.9 Å². The topological polar surface area (TPSA) is 76.3 Å². The number of rotatable bonds is 4. The van der Waals surface area contributed by atoms with Crippen molar-refractivity contribution in [1.82, 2.24) is 24.2 Å². The molecule has 1 amide bonds. The normalized spacial score (nSPS) is 15.0. The van der Waals surface area contributed by atoms with Crippen LogP contribution in [-0.2, 0) is 16.9 Å². The van der Waals surface area contributed by atoms with Crippen molar-refractivity contribution in [3.8, 4) is 0 Å². The largest absolute Gasteiger partial charge is 0.367 e. The molecule has 9 heteroatoms. The molecule has 0 spiro atoms. The molecule has 4 rings (SSSR count). The van der Waals surface area contributed by atoms with Gasteiger partial charge >= 0.3 is 0 Å². The van der Waals surface area contributed by atoms with Gasteiger partial charge in [0.1, 0.15) is 5.39 Å². The Balaban J connectivity index is 1.38. The van der Waals surface area contributed by atoms with Crippen molar-refractivity contribution in [2.24, 2.45) is 0 Å². The third kappa shape index (κ3) is 4.30. The van der Waals surface area contributed by atoms with Gasteiger partial charge in [0.2, 0.25) is 5.91 Å². The molecule has 31 heavy (non-hydrogen) atoms. The van der Waals surface area contributed by atoms with Gasteiger partial charge in [-0.15, -0.1) is 0 Å². The van der Waals surface area contributed by atoms with E-state index in [9.17, 15) is 9.59 Å². The van der Waals surface area contributed by atoms with Crippen LogP contribution in [0.2, 0.25) is 5.02 Å². The first-order valence-corrected chi connectivity index (χ1v) is 10.8. The van der Waals surface area contributed by atoms with Crippen LogP contribution in [0.15, 0.2) is 41.6 Å². The lowest BCUT2D eigenvalue weighted by Gasteiger charge is -2.36. The maximum atomic E-state index is 12.8. The van der Waals surface area contributed by atoms with Gasteiger partial charge in [0.05, 0.1) is 28.8 Å². The van der Waals surface area contributed by atoms with Crippen LogP contribution in [0, 0.1) is 0 Å². The molecule has 0 N–H and O–H groups in total. The zero-order valence-electron chi connectivity index (χ0n) is 18.1. The van der Waals surface area contributed by atoms with Crippen LogP contribution in [0.4, 0.5) is 5.69 Å². The fourth-order valence-electron chi connectivity index (χ4n) is 3.88. The molecule has 0 saturated carbocycles. The van der Waals surface area contributed by atoms with Gasteiger partial charge in [-0.3, -0.25) is 14.2 Å². The minimum atomic E-state index is -0.268. The van der Waals surface area contributed by atoms with Gasteiger partial charge < -0.3 is 9.80 Å². The Labute approximate surface area is 186 Å². The molecule has 0 bridgehead atoms. The van der Waals surface area contributed by atoms with E-state index >= 15 is 0 Å². The molecule has 1 aromatic carbocycles. The zero-order chi connectivity index (χ0) is 22.2. The summed E-state index contributed by atoms with van der Waals surface area (Å²) in [6.07, 6.45) is 3.33. The fraction of sp³-hybridized carbons (Fsp3) is 0.455. The van der Waals surface area contributed by atoms with Crippen molar-refractivity contribution in [2.45, 2.75) is 39.3 Å². The molecule has 1 aliphatic rings. The second-order valence-electron chi connectivity index (χ2n) is 8.78. The summed E-state index contributed by atoms with van der Waals surface area (Å²) in [5, 5.41) is 5.52.